The number of aromatic nitrogens is 1. The van der Waals surface area contributed by atoms with Crippen LogP contribution in [0.1, 0.15) is 17.3 Å². The number of hydrogen-bond acceptors (Lipinski definition) is 5. The molecule has 2 atom stereocenters. The number of hydrogen-bond donors (Lipinski definition) is 2. The number of ether oxygens (including phenoxy) is 1. The molecule has 1 saturated heterocycles. The van der Waals surface area contributed by atoms with Gasteiger partial charge in [0.15, 0.2) is 0 Å². The molecule has 7 nitrogen and oxygen atoms in total. The fraction of sp³-hybridized carbons (Fsp3) is 0.462. The number of nitrogens with zero attached hydrogens (tertiary/aromatic N) is 2. The van der Waals surface area contributed by atoms with Crippen LogP contribution in [-0.2, 0) is 9.53 Å². The van der Waals surface area contributed by atoms with Gasteiger partial charge in [0.1, 0.15) is 11.7 Å². The number of primary amides is 1. The predicted molar refractivity (Wildman–Crippen MR) is 71.5 cm³/mol. The SMILES string of the molecule is CCN(c1ncccc1C(N)=O)C1COCC1C(=O)O. The van der Waals surface area contributed by atoms with Gasteiger partial charge < -0.3 is 20.5 Å². The Morgan fingerprint density at radius 1 is 1.55 bits per heavy atom. The van der Waals surface area contributed by atoms with Crippen molar-refractivity contribution in [3.8, 4) is 0 Å². The Hall–Kier alpha value is -2.15. The average molecular weight is 279 g/mol. The van der Waals surface area contributed by atoms with E-state index in [1.54, 1.807) is 23.2 Å². The maximum atomic E-state index is 11.5. The van der Waals surface area contributed by atoms with Gasteiger partial charge in [0.25, 0.3) is 5.91 Å². The fourth-order valence-corrected chi connectivity index (χ4v) is 2.45. The monoisotopic (exact) mass is 279 g/mol. The van der Waals surface area contributed by atoms with E-state index in [0.717, 1.165) is 0 Å². The van der Waals surface area contributed by atoms with Crippen LogP contribution >= 0.6 is 0 Å². The molecule has 2 rings (SSSR count). The molecule has 1 aliphatic rings. The first-order valence-electron chi connectivity index (χ1n) is 6.38. The maximum Gasteiger partial charge on any atom is 0.311 e. The minimum atomic E-state index is -0.914. The molecule has 1 aromatic rings. The number of carboxylic acid groups (broad SMARTS) is 1. The third-order valence-electron chi connectivity index (χ3n) is 3.43. The van der Waals surface area contributed by atoms with Crippen LogP contribution in [0, 0.1) is 5.92 Å². The summed E-state index contributed by atoms with van der Waals surface area (Å²) in [4.78, 5) is 28.7. The second-order valence-electron chi connectivity index (χ2n) is 4.57. The zero-order chi connectivity index (χ0) is 14.7. The molecule has 3 N–H and O–H groups in total. The van der Waals surface area contributed by atoms with E-state index in [9.17, 15) is 14.7 Å². The predicted octanol–water partition coefficient (Wildman–Crippen LogP) is 0.106. The highest BCUT2D eigenvalue weighted by Crippen LogP contribution is 2.26. The van der Waals surface area contributed by atoms with E-state index in [2.05, 4.69) is 4.98 Å². The summed E-state index contributed by atoms with van der Waals surface area (Å²) in [7, 11) is 0. The summed E-state index contributed by atoms with van der Waals surface area (Å²) in [6.07, 6.45) is 1.55. The van der Waals surface area contributed by atoms with Gasteiger partial charge in [-0.3, -0.25) is 9.59 Å². The number of carbonyl (C=O) groups is 2. The number of anilines is 1. The van der Waals surface area contributed by atoms with E-state index < -0.39 is 17.8 Å². The molecule has 1 amide bonds. The highest BCUT2D eigenvalue weighted by molar-refractivity contribution is 5.97. The van der Waals surface area contributed by atoms with Crippen LogP contribution in [0.4, 0.5) is 5.82 Å². The molecular weight excluding hydrogens is 262 g/mol. The lowest BCUT2D eigenvalue weighted by Crippen LogP contribution is -2.44. The molecule has 7 heteroatoms. The summed E-state index contributed by atoms with van der Waals surface area (Å²) >= 11 is 0. The van der Waals surface area contributed by atoms with Crippen molar-refractivity contribution >= 4 is 17.7 Å². The van der Waals surface area contributed by atoms with Crippen molar-refractivity contribution in [2.75, 3.05) is 24.7 Å². The molecule has 1 aliphatic heterocycles. The molecular formula is C13H17N3O4. The standard InChI is InChI=1S/C13H17N3O4/c1-2-16(10-7-20-6-9(10)13(18)19)12-8(11(14)17)4-3-5-15-12/h3-5,9-10H,2,6-7H2,1H3,(H2,14,17)(H,18,19). The fourth-order valence-electron chi connectivity index (χ4n) is 2.45. The van der Waals surface area contributed by atoms with Gasteiger partial charge in [-0.1, -0.05) is 0 Å². The number of pyridine rings is 1. The van der Waals surface area contributed by atoms with E-state index in [1.807, 2.05) is 6.92 Å². The van der Waals surface area contributed by atoms with Crippen LogP contribution in [-0.4, -0.2) is 47.8 Å². The Labute approximate surface area is 116 Å². The first-order chi connectivity index (χ1) is 9.56. The van der Waals surface area contributed by atoms with Crippen molar-refractivity contribution in [3.05, 3.63) is 23.9 Å². The van der Waals surface area contributed by atoms with Crippen LogP contribution in [0.2, 0.25) is 0 Å². The summed E-state index contributed by atoms with van der Waals surface area (Å²) < 4.78 is 5.27. The molecule has 2 unspecified atom stereocenters. The number of nitrogens with two attached hydrogens (primary N) is 1. The zero-order valence-electron chi connectivity index (χ0n) is 11.2. The third kappa shape index (κ3) is 2.57. The number of rotatable bonds is 5. The van der Waals surface area contributed by atoms with E-state index in [4.69, 9.17) is 10.5 Å². The van der Waals surface area contributed by atoms with Gasteiger partial charge in [0, 0.05) is 12.7 Å². The normalized spacial score (nSPS) is 21.6. The lowest BCUT2D eigenvalue weighted by atomic mass is 10.0. The van der Waals surface area contributed by atoms with E-state index >= 15 is 0 Å². The largest absolute Gasteiger partial charge is 0.481 e. The molecule has 1 fully saturated rings. The van der Waals surface area contributed by atoms with Crippen molar-refractivity contribution in [2.24, 2.45) is 11.7 Å². The van der Waals surface area contributed by atoms with Crippen LogP contribution < -0.4 is 10.6 Å². The van der Waals surface area contributed by atoms with Gasteiger partial charge >= 0.3 is 5.97 Å². The zero-order valence-corrected chi connectivity index (χ0v) is 11.2. The van der Waals surface area contributed by atoms with Gasteiger partial charge in [-0.05, 0) is 19.1 Å². The van der Waals surface area contributed by atoms with Gasteiger partial charge in [0.2, 0.25) is 0 Å². The van der Waals surface area contributed by atoms with Crippen LogP contribution in [0.5, 0.6) is 0 Å². The second kappa shape index (κ2) is 5.87. The highest BCUT2D eigenvalue weighted by atomic mass is 16.5. The van der Waals surface area contributed by atoms with Gasteiger partial charge in [0.05, 0.1) is 24.8 Å². The summed E-state index contributed by atoms with van der Waals surface area (Å²) in [5.41, 5.74) is 5.63. The Morgan fingerprint density at radius 2 is 2.30 bits per heavy atom. The summed E-state index contributed by atoms with van der Waals surface area (Å²) in [6, 6.07) is 2.85. The molecule has 2 heterocycles. The van der Waals surface area contributed by atoms with Crippen molar-refractivity contribution in [3.63, 3.8) is 0 Å². The number of carbonyl (C=O) groups excluding carboxylic acids is 1. The van der Waals surface area contributed by atoms with Crippen molar-refractivity contribution in [1.82, 2.24) is 4.98 Å². The molecule has 0 radical (unpaired) electrons. The minimum Gasteiger partial charge on any atom is -0.481 e. The average Bonchev–Trinajstić information content (AvgIpc) is 2.89. The number of carboxylic acids is 1. The maximum absolute atomic E-state index is 11.5. The first-order valence-corrected chi connectivity index (χ1v) is 6.38. The van der Waals surface area contributed by atoms with Crippen LogP contribution in [0.15, 0.2) is 18.3 Å². The molecule has 108 valence electrons. The summed E-state index contributed by atoms with van der Waals surface area (Å²) in [5.74, 6) is -1.73. The van der Waals surface area contributed by atoms with Gasteiger partial charge in [-0.2, -0.15) is 0 Å². The molecule has 0 spiro atoms. The second-order valence-corrected chi connectivity index (χ2v) is 4.57. The van der Waals surface area contributed by atoms with E-state index in [0.29, 0.717) is 19.0 Å². The number of amides is 1. The molecule has 20 heavy (non-hydrogen) atoms. The number of likely N-dealkylation sites (N-methyl/N-ethyl adjacent to an activating group) is 1. The first kappa shape index (κ1) is 14.3. The molecule has 0 aliphatic carbocycles. The van der Waals surface area contributed by atoms with Crippen molar-refractivity contribution < 1.29 is 19.4 Å². The van der Waals surface area contributed by atoms with Crippen LogP contribution in [0.3, 0.4) is 0 Å². The van der Waals surface area contributed by atoms with Crippen LogP contribution in [0.25, 0.3) is 0 Å². The van der Waals surface area contributed by atoms with Gasteiger partial charge in [-0.15, -0.1) is 0 Å². The topological polar surface area (TPSA) is 106 Å². The Kier molecular flexibility index (Phi) is 4.19. The molecule has 0 bridgehead atoms. The van der Waals surface area contributed by atoms with E-state index in [-0.39, 0.29) is 18.2 Å². The Bertz CT molecular complexity index is 520. The van der Waals surface area contributed by atoms with Crippen molar-refractivity contribution in [2.45, 2.75) is 13.0 Å². The molecule has 0 aromatic carbocycles. The Balaban J connectivity index is 2.38. The van der Waals surface area contributed by atoms with E-state index in [1.165, 1.54) is 0 Å². The lowest BCUT2D eigenvalue weighted by molar-refractivity contribution is -0.141. The quantitative estimate of drug-likeness (QED) is 0.792. The summed E-state index contributed by atoms with van der Waals surface area (Å²) in [5, 5.41) is 9.23. The number of aliphatic carboxylic acids is 1. The molecule has 1 aromatic heterocycles. The minimum absolute atomic E-state index is 0.162. The van der Waals surface area contributed by atoms with Crippen molar-refractivity contribution in [1.29, 1.82) is 0 Å². The lowest BCUT2D eigenvalue weighted by Gasteiger charge is -2.31. The molecule has 0 saturated carbocycles. The summed E-state index contributed by atoms with van der Waals surface area (Å²) in [6.45, 7) is 2.83. The highest BCUT2D eigenvalue weighted by Gasteiger charge is 2.38. The Morgan fingerprint density at radius 3 is 2.90 bits per heavy atom. The third-order valence-corrected chi connectivity index (χ3v) is 3.43. The van der Waals surface area contributed by atoms with Gasteiger partial charge in [-0.25, -0.2) is 4.98 Å². The smallest absolute Gasteiger partial charge is 0.311 e.